The van der Waals surface area contributed by atoms with E-state index in [4.69, 9.17) is 11.6 Å². The fourth-order valence-electron chi connectivity index (χ4n) is 1.19. The molecule has 0 aliphatic heterocycles. The molecule has 0 fully saturated rings. The van der Waals surface area contributed by atoms with Crippen LogP contribution in [-0.4, -0.2) is 22.7 Å². The highest BCUT2D eigenvalue weighted by molar-refractivity contribution is 6.82. The highest BCUT2D eigenvalue weighted by atomic mass is 35.5. The number of rotatable bonds is 5. The monoisotopic (exact) mass is 285 g/mol. The van der Waals surface area contributed by atoms with Crippen molar-refractivity contribution >= 4 is 34.1 Å². The third-order valence-corrected chi connectivity index (χ3v) is 2.39. The lowest BCUT2D eigenvalue weighted by molar-refractivity contribution is -0.384. The number of nitro groups is 1. The number of halogens is 1. The average molecular weight is 286 g/mol. The Morgan fingerprint density at radius 1 is 1.58 bits per heavy atom. The molecule has 0 spiro atoms. The van der Waals surface area contributed by atoms with Crippen LogP contribution in [0.3, 0.4) is 0 Å². The number of carbonyl (C=O) groups is 1. The maximum Gasteiger partial charge on any atom is 0.370 e. The highest BCUT2D eigenvalue weighted by Crippen LogP contribution is 2.21. The Morgan fingerprint density at radius 2 is 2.26 bits per heavy atom. The van der Waals surface area contributed by atoms with Crippen molar-refractivity contribution in [2.75, 3.05) is 12.0 Å². The molecule has 0 radical (unpaired) electrons. The molecule has 0 aliphatic rings. The van der Waals surface area contributed by atoms with E-state index in [1.54, 1.807) is 19.9 Å². The lowest BCUT2D eigenvalue weighted by Crippen LogP contribution is -2.13. The fraction of sp³-hybridized carbons (Fsp3) is 0.273. The standard InChI is InChI=1S/C11H12ClN3O4/c1-3-19-11(16)10(12)14-13-9-6-8(15(17)18)5-4-7(9)2/h4-6,13H,3H2,1-2H3. The molecule has 102 valence electrons. The van der Waals surface area contributed by atoms with E-state index in [1.807, 2.05) is 0 Å². The summed E-state index contributed by atoms with van der Waals surface area (Å²) in [5, 5.41) is 13.9. The first kappa shape index (κ1) is 14.9. The molecule has 1 aromatic carbocycles. The summed E-state index contributed by atoms with van der Waals surface area (Å²) in [4.78, 5) is 21.3. The topological polar surface area (TPSA) is 93.8 Å². The smallest absolute Gasteiger partial charge is 0.370 e. The first-order valence-electron chi connectivity index (χ1n) is 5.37. The molecule has 0 saturated carbocycles. The van der Waals surface area contributed by atoms with E-state index < -0.39 is 10.9 Å². The maximum atomic E-state index is 11.2. The SMILES string of the molecule is CCOC(=O)C(Cl)=NNc1cc([N+](=O)[O-])ccc1C. The zero-order valence-corrected chi connectivity index (χ0v) is 11.1. The second-order valence-corrected chi connectivity index (χ2v) is 3.85. The van der Waals surface area contributed by atoms with Crippen LogP contribution in [0.15, 0.2) is 23.3 Å². The molecular formula is C11H12ClN3O4. The molecule has 1 aromatic rings. The van der Waals surface area contributed by atoms with Crippen molar-refractivity contribution in [1.82, 2.24) is 0 Å². The summed E-state index contributed by atoms with van der Waals surface area (Å²) in [7, 11) is 0. The summed E-state index contributed by atoms with van der Waals surface area (Å²) in [6.07, 6.45) is 0. The van der Waals surface area contributed by atoms with Crippen LogP contribution in [0.2, 0.25) is 0 Å². The first-order valence-corrected chi connectivity index (χ1v) is 5.74. The van der Waals surface area contributed by atoms with Gasteiger partial charge < -0.3 is 4.74 Å². The van der Waals surface area contributed by atoms with Gasteiger partial charge in [-0.25, -0.2) is 4.79 Å². The Balaban J connectivity index is 2.87. The van der Waals surface area contributed by atoms with Gasteiger partial charge in [-0.15, -0.1) is 0 Å². The number of esters is 1. The zero-order valence-electron chi connectivity index (χ0n) is 10.3. The number of hydrogen-bond donors (Lipinski definition) is 1. The molecule has 0 amide bonds. The number of carbonyl (C=O) groups excluding carboxylic acids is 1. The number of nitro benzene ring substituents is 1. The van der Waals surface area contributed by atoms with Gasteiger partial charge in [-0.05, 0) is 19.4 Å². The van der Waals surface area contributed by atoms with E-state index in [0.717, 1.165) is 5.56 Å². The highest BCUT2D eigenvalue weighted by Gasteiger charge is 2.11. The van der Waals surface area contributed by atoms with Gasteiger partial charge in [-0.3, -0.25) is 15.5 Å². The molecular weight excluding hydrogens is 274 g/mol. The van der Waals surface area contributed by atoms with Crippen molar-refractivity contribution < 1.29 is 14.5 Å². The number of non-ortho nitro benzene ring substituents is 1. The Kier molecular flexibility index (Phi) is 5.25. The van der Waals surface area contributed by atoms with E-state index in [0.29, 0.717) is 5.69 Å². The van der Waals surface area contributed by atoms with E-state index in [9.17, 15) is 14.9 Å². The van der Waals surface area contributed by atoms with Crippen molar-refractivity contribution in [3.05, 3.63) is 33.9 Å². The van der Waals surface area contributed by atoms with Crippen LogP contribution in [-0.2, 0) is 9.53 Å². The van der Waals surface area contributed by atoms with E-state index in [2.05, 4.69) is 15.3 Å². The van der Waals surface area contributed by atoms with Crippen LogP contribution in [0.5, 0.6) is 0 Å². The molecule has 8 heteroatoms. The van der Waals surface area contributed by atoms with Gasteiger partial charge in [0.1, 0.15) is 0 Å². The van der Waals surface area contributed by atoms with Gasteiger partial charge in [0.05, 0.1) is 17.2 Å². The zero-order chi connectivity index (χ0) is 14.4. The summed E-state index contributed by atoms with van der Waals surface area (Å²) in [5.41, 5.74) is 3.52. The largest absolute Gasteiger partial charge is 0.461 e. The van der Waals surface area contributed by atoms with Crippen LogP contribution in [0, 0.1) is 17.0 Å². The maximum absolute atomic E-state index is 11.2. The van der Waals surface area contributed by atoms with Gasteiger partial charge in [0.2, 0.25) is 5.17 Å². The number of nitrogens with one attached hydrogen (secondary N) is 1. The van der Waals surface area contributed by atoms with Gasteiger partial charge in [0.25, 0.3) is 5.69 Å². The second-order valence-electron chi connectivity index (χ2n) is 3.49. The normalized spacial score (nSPS) is 11.0. The quantitative estimate of drug-likeness (QED) is 0.388. The Morgan fingerprint density at radius 3 is 2.84 bits per heavy atom. The molecule has 0 heterocycles. The van der Waals surface area contributed by atoms with E-state index in [-0.39, 0.29) is 17.5 Å². The van der Waals surface area contributed by atoms with Crippen molar-refractivity contribution in [3.63, 3.8) is 0 Å². The summed E-state index contributed by atoms with van der Waals surface area (Å²) in [6, 6.07) is 4.24. The molecule has 0 saturated heterocycles. The number of hydrogen-bond acceptors (Lipinski definition) is 6. The summed E-state index contributed by atoms with van der Waals surface area (Å²) in [5.74, 6) is -0.764. The van der Waals surface area contributed by atoms with Crippen LogP contribution < -0.4 is 5.43 Å². The molecule has 0 aliphatic carbocycles. The van der Waals surface area contributed by atoms with Crippen LogP contribution in [0.25, 0.3) is 0 Å². The number of anilines is 1. The lowest BCUT2D eigenvalue weighted by atomic mass is 10.2. The average Bonchev–Trinajstić information content (AvgIpc) is 2.37. The molecule has 1 rings (SSSR count). The number of nitrogens with zero attached hydrogens (tertiary/aromatic N) is 2. The number of aryl methyl sites for hydroxylation is 1. The van der Waals surface area contributed by atoms with Crippen molar-refractivity contribution in [2.45, 2.75) is 13.8 Å². The predicted molar refractivity (Wildman–Crippen MR) is 71.4 cm³/mol. The summed E-state index contributed by atoms with van der Waals surface area (Å²) >= 11 is 5.59. The van der Waals surface area contributed by atoms with Crippen molar-refractivity contribution in [1.29, 1.82) is 0 Å². The van der Waals surface area contributed by atoms with Gasteiger partial charge in [-0.2, -0.15) is 5.10 Å². The van der Waals surface area contributed by atoms with Gasteiger partial charge in [0.15, 0.2) is 0 Å². The van der Waals surface area contributed by atoms with Gasteiger partial charge >= 0.3 is 5.97 Å². The number of ether oxygens (including phenoxy) is 1. The number of benzene rings is 1. The minimum absolute atomic E-state index is 0.0874. The third kappa shape index (κ3) is 4.22. The van der Waals surface area contributed by atoms with E-state index in [1.165, 1.54) is 12.1 Å². The van der Waals surface area contributed by atoms with E-state index >= 15 is 0 Å². The molecule has 0 unspecified atom stereocenters. The molecule has 0 aromatic heterocycles. The Hall–Kier alpha value is -2.15. The second kappa shape index (κ2) is 6.69. The summed E-state index contributed by atoms with van der Waals surface area (Å²) < 4.78 is 4.63. The predicted octanol–water partition coefficient (Wildman–Crippen LogP) is 2.43. The Bertz CT molecular complexity index is 531. The first-order chi connectivity index (χ1) is 8.95. The van der Waals surface area contributed by atoms with Crippen LogP contribution in [0.4, 0.5) is 11.4 Å². The van der Waals surface area contributed by atoms with Crippen LogP contribution in [0.1, 0.15) is 12.5 Å². The van der Waals surface area contributed by atoms with Crippen LogP contribution >= 0.6 is 11.6 Å². The minimum Gasteiger partial charge on any atom is -0.461 e. The molecule has 19 heavy (non-hydrogen) atoms. The van der Waals surface area contributed by atoms with Crippen molar-refractivity contribution in [2.24, 2.45) is 5.10 Å². The lowest BCUT2D eigenvalue weighted by Gasteiger charge is -2.05. The molecule has 1 N–H and O–H groups in total. The number of hydrazone groups is 1. The van der Waals surface area contributed by atoms with Gasteiger partial charge in [0, 0.05) is 12.1 Å². The molecule has 0 atom stereocenters. The summed E-state index contributed by atoms with van der Waals surface area (Å²) in [6.45, 7) is 3.56. The minimum atomic E-state index is -0.764. The molecule has 0 bridgehead atoms. The fourth-order valence-corrected chi connectivity index (χ4v) is 1.29. The molecule has 7 nitrogen and oxygen atoms in total. The van der Waals surface area contributed by atoms with Crippen molar-refractivity contribution in [3.8, 4) is 0 Å². The third-order valence-electron chi connectivity index (χ3n) is 2.15. The van der Waals surface area contributed by atoms with Gasteiger partial charge in [-0.1, -0.05) is 17.7 Å². The Labute approximate surface area is 114 Å².